The Balaban J connectivity index is 1.59. The first kappa shape index (κ1) is 19.7. The van der Waals surface area contributed by atoms with Gasteiger partial charge in [-0.2, -0.15) is 0 Å². The summed E-state index contributed by atoms with van der Waals surface area (Å²) in [4.78, 5) is 21.1. The second-order valence-electron chi connectivity index (χ2n) is 6.73. The third-order valence-corrected chi connectivity index (χ3v) is 5.38. The van der Waals surface area contributed by atoms with Crippen molar-refractivity contribution in [1.82, 2.24) is 30.4 Å². The first-order valence-electron chi connectivity index (χ1n) is 9.50. The maximum absolute atomic E-state index is 11.5. The van der Waals surface area contributed by atoms with Crippen molar-refractivity contribution in [3.05, 3.63) is 54.7 Å². The number of aromatic nitrogens is 6. The summed E-state index contributed by atoms with van der Waals surface area (Å²) in [7, 11) is 0. The van der Waals surface area contributed by atoms with Crippen LogP contribution in [-0.2, 0) is 4.79 Å². The van der Waals surface area contributed by atoms with E-state index in [0.29, 0.717) is 44.5 Å². The molecule has 4 heterocycles. The van der Waals surface area contributed by atoms with E-state index in [9.17, 15) is 4.79 Å². The summed E-state index contributed by atoms with van der Waals surface area (Å²) in [6.07, 6.45) is 3.26. The molecule has 0 aliphatic carbocycles. The molecule has 10 nitrogen and oxygen atoms in total. The Hall–Kier alpha value is -4.25. The van der Waals surface area contributed by atoms with E-state index in [2.05, 4.69) is 35.7 Å². The molecule has 1 amide bonds. The Morgan fingerprint density at radius 2 is 1.69 bits per heavy atom. The number of aryl methyl sites for hydroxylation is 1. The normalized spacial score (nSPS) is 10.9. The topological polar surface area (TPSA) is 133 Å². The number of carbonyl (C=O) groups excluding carboxylic acids is 1. The minimum absolute atomic E-state index is 0.241. The van der Waals surface area contributed by atoms with Crippen molar-refractivity contribution in [2.24, 2.45) is 0 Å². The molecule has 0 radical (unpaired) electrons. The largest absolute Gasteiger partial charge is 0.420 e. The average Bonchev–Trinajstić information content (AvgIpc) is 3.54. The highest BCUT2D eigenvalue weighted by molar-refractivity contribution is 7.18. The van der Waals surface area contributed by atoms with Gasteiger partial charge in [0, 0.05) is 31.2 Å². The molecule has 158 valence electrons. The summed E-state index contributed by atoms with van der Waals surface area (Å²) in [5.41, 5.74) is 2.04. The molecule has 0 spiro atoms. The molecule has 0 saturated heterocycles. The van der Waals surface area contributed by atoms with Crippen LogP contribution in [-0.4, -0.2) is 36.3 Å². The Labute approximate surface area is 185 Å². The maximum Gasteiger partial charge on any atom is 0.259 e. The number of thiazole rings is 1. The number of nitrogens with one attached hydrogen (secondary N) is 1. The lowest BCUT2D eigenvalue weighted by Crippen LogP contribution is -2.07. The molecule has 1 aromatic carbocycles. The van der Waals surface area contributed by atoms with Gasteiger partial charge in [0.05, 0.1) is 11.8 Å². The van der Waals surface area contributed by atoms with Crippen LogP contribution < -0.4 is 5.32 Å². The molecule has 11 heteroatoms. The molecule has 0 aliphatic heterocycles. The molecule has 5 aromatic rings. The van der Waals surface area contributed by atoms with Crippen molar-refractivity contribution in [2.45, 2.75) is 13.8 Å². The molecule has 0 atom stereocenters. The van der Waals surface area contributed by atoms with Crippen molar-refractivity contribution in [1.29, 1.82) is 0 Å². The number of pyridine rings is 1. The number of benzene rings is 1. The highest BCUT2D eigenvalue weighted by Gasteiger charge is 2.20. The molecular weight excluding hydrogens is 430 g/mol. The fourth-order valence-electron chi connectivity index (χ4n) is 2.97. The number of anilines is 1. The van der Waals surface area contributed by atoms with E-state index >= 15 is 0 Å². The molecule has 5 rings (SSSR count). The molecule has 32 heavy (non-hydrogen) atoms. The Morgan fingerprint density at radius 1 is 0.906 bits per heavy atom. The van der Waals surface area contributed by atoms with Gasteiger partial charge in [-0.05, 0) is 18.2 Å². The standard InChI is InChI=1S/C21H15N7O3S/c1-11(29)24-17-8-14(19-27-26-18(31-19)13-6-4-3-5-7-13)15(9-22-17)21-23-10-16(32-21)20-28-25-12(2)30-20/h3-10H,1-2H3,(H,22,24,29). The Bertz CT molecular complexity index is 1410. The number of carbonyl (C=O) groups is 1. The van der Waals surface area contributed by atoms with Crippen LogP contribution in [0, 0.1) is 6.92 Å². The summed E-state index contributed by atoms with van der Waals surface area (Å²) in [6, 6.07) is 11.1. The molecule has 0 aliphatic rings. The number of amides is 1. The van der Waals surface area contributed by atoms with Crippen molar-refractivity contribution >= 4 is 23.1 Å². The molecular formula is C21H15N7O3S. The molecule has 1 N–H and O–H groups in total. The first-order chi connectivity index (χ1) is 15.6. The van der Waals surface area contributed by atoms with Crippen molar-refractivity contribution in [3.63, 3.8) is 0 Å². The van der Waals surface area contributed by atoms with Gasteiger partial charge in [-0.15, -0.1) is 31.7 Å². The predicted octanol–water partition coefficient (Wildman–Crippen LogP) is 4.24. The lowest BCUT2D eigenvalue weighted by molar-refractivity contribution is -0.114. The minimum Gasteiger partial charge on any atom is -0.420 e. The van der Waals surface area contributed by atoms with Crippen molar-refractivity contribution < 1.29 is 13.6 Å². The predicted molar refractivity (Wildman–Crippen MR) is 116 cm³/mol. The van der Waals surface area contributed by atoms with Gasteiger partial charge in [-0.3, -0.25) is 4.79 Å². The van der Waals surface area contributed by atoms with E-state index in [-0.39, 0.29) is 11.8 Å². The van der Waals surface area contributed by atoms with Crippen LogP contribution in [0.25, 0.3) is 44.2 Å². The third kappa shape index (κ3) is 3.88. The zero-order chi connectivity index (χ0) is 22.1. The number of rotatable bonds is 5. The maximum atomic E-state index is 11.5. The molecule has 0 bridgehead atoms. The summed E-state index contributed by atoms with van der Waals surface area (Å²) >= 11 is 1.36. The van der Waals surface area contributed by atoms with E-state index in [4.69, 9.17) is 8.83 Å². The summed E-state index contributed by atoms with van der Waals surface area (Å²) in [5, 5.41) is 19.6. The monoisotopic (exact) mass is 445 g/mol. The first-order valence-corrected chi connectivity index (χ1v) is 10.3. The average molecular weight is 445 g/mol. The Kier molecular flexibility index (Phi) is 5.00. The Morgan fingerprint density at radius 3 is 2.44 bits per heavy atom. The molecule has 0 fully saturated rings. The van der Waals surface area contributed by atoms with Gasteiger partial charge in [-0.1, -0.05) is 18.2 Å². The van der Waals surface area contributed by atoms with Crippen molar-refractivity contribution in [3.8, 4) is 44.2 Å². The van der Waals surface area contributed by atoms with Crippen LogP contribution in [0.3, 0.4) is 0 Å². The van der Waals surface area contributed by atoms with Crippen molar-refractivity contribution in [2.75, 3.05) is 5.32 Å². The van der Waals surface area contributed by atoms with Gasteiger partial charge >= 0.3 is 0 Å². The minimum atomic E-state index is -0.241. The summed E-state index contributed by atoms with van der Waals surface area (Å²) in [6.45, 7) is 3.13. The smallest absolute Gasteiger partial charge is 0.259 e. The SMILES string of the molecule is CC(=O)Nc1cc(-c2nnc(-c3ccccc3)o2)c(-c2ncc(-c3nnc(C)o3)s2)cn1. The second kappa shape index (κ2) is 8.12. The van der Waals surface area contributed by atoms with E-state index in [1.807, 2.05) is 30.3 Å². The van der Waals surface area contributed by atoms with Gasteiger partial charge in [0.1, 0.15) is 15.7 Å². The fraction of sp³-hybridized carbons (Fsp3) is 0.0952. The van der Waals surface area contributed by atoms with E-state index in [1.165, 1.54) is 18.3 Å². The highest BCUT2D eigenvalue weighted by atomic mass is 32.1. The van der Waals surface area contributed by atoms with Crippen LogP contribution in [0.2, 0.25) is 0 Å². The lowest BCUT2D eigenvalue weighted by atomic mass is 10.1. The van der Waals surface area contributed by atoms with Crippen LogP contribution in [0.4, 0.5) is 5.82 Å². The van der Waals surface area contributed by atoms with Crippen LogP contribution in [0.5, 0.6) is 0 Å². The van der Waals surface area contributed by atoms with Gasteiger partial charge in [0.15, 0.2) is 0 Å². The van der Waals surface area contributed by atoms with E-state index in [0.717, 1.165) is 5.56 Å². The molecule has 0 unspecified atom stereocenters. The van der Waals surface area contributed by atoms with Gasteiger partial charge in [0.25, 0.3) is 5.89 Å². The molecule has 0 saturated carbocycles. The zero-order valence-corrected chi connectivity index (χ0v) is 17.8. The highest BCUT2D eigenvalue weighted by Crippen LogP contribution is 2.38. The number of nitrogens with zero attached hydrogens (tertiary/aromatic N) is 6. The fourth-order valence-corrected chi connectivity index (χ4v) is 3.84. The van der Waals surface area contributed by atoms with Gasteiger partial charge in [-0.25, -0.2) is 9.97 Å². The van der Waals surface area contributed by atoms with Crippen LogP contribution in [0.1, 0.15) is 12.8 Å². The van der Waals surface area contributed by atoms with Crippen LogP contribution in [0.15, 0.2) is 57.6 Å². The number of hydrogen-bond acceptors (Lipinski definition) is 10. The zero-order valence-electron chi connectivity index (χ0n) is 16.9. The van der Waals surface area contributed by atoms with Gasteiger partial charge < -0.3 is 14.2 Å². The van der Waals surface area contributed by atoms with Gasteiger partial charge in [0.2, 0.25) is 23.6 Å². The quantitative estimate of drug-likeness (QED) is 0.422. The second-order valence-corrected chi connectivity index (χ2v) is 7.76. The third-order valence-electron chi connectivity index (χ3n) is 4.36. The number of hydrogen-bond donors (Lipinski definition) is 1. The summed E-state index contributed by atoms with van der Waals surface area (Å²) in [5.74, 6) is 1.63. The van der Waals surface area contributed by atoms with Crippen LogP contribution >= 0.6 is 11.3 Å². The van der Waals surface area contributed by atoms with E-state index in [1.54, 1.807) is 25.4 Å². The molecule has 4 aromatic heterocycles. The van der Waals surface area contributed by atoms with E-state index < -0.39 is 0 Å². The summed E-state index contributed by atoms with van der Waals surface area (Å²) < 4.78 is 11.4. The lowest BCUT2D eigenvalue weighted by Gasteiger charge is -2.07.